The molecule has 0 spiro atoms. The summed E-state index contributed by atoms with van der Waals surface area (Å²) in [6, 6.07) is 19.8. The predicted octanol–water partition coefficient (Wildman–Crippen LogP) is 6.44. The molecule has 3 aromatic carbocycles. The van der Waals surface area contributed by atoms with Gasteiger partial charge in [-0.25, -0.2) is 13.6 Å². The Morgan fingerprint density at radius 3 is 2.58 bits per heavy atom. The van der Waals surface area contributed by atoms with Gasteiger partial charge in [-0.05, 0) is 54.3 Å². The van der Waals surface area contributed by atoms with Crippen molar-refractivity contribution >= 4 is 11.8 Å². The van der Waals surface area contributed by atoms with Crippen molar-refractivity contribution in [1.29, 1.82) is 0 Å². The molecule has 6 nitrogen and oxygen atoms in total. The minimum atomic E-state index is -2.64. The first kappa shape index (κ1) is 27.1. The zero-order valence-corrected chi connectivity index (χ0v) is 22.1. The van der Waals surface area contributed by atoms with Crippen LogP contribution < -0.4 is 10.1 Å². The number of benzene rings is 3. The predicted molar refractivity (Wildman–Crippen MR) is 145 cm³/mol. The summed E-state index contributed by atoms with van der Waals surface area (Å²) in [6.45, 7) is 1.53. The van der Waals surface area contributed by atoms with Gasteiger partial charge in [-0.15, -0.1) is 0 Å². The number of aromatic hydroxyl groups is 1. The number of phenolic OH excluding ortho intramolecular Hbond substituents is 1. The van der Waals surface area contributed by atoms with Crippen LogP contribution in [0.2, 0.25) is 0 Å². The quantitative estimate of drug-likeness (QED) is 0.332. The summed E-state index contributed by atoms with van der Waals surface area (Å²) in [7, 11) is 1.60. The number of esters is 1. The lowest BCUT2D eigenvalue weighted by atomic mass is 9.71. The molecule has 1 heterocycles. The van der Waals surface area contributed by atoms with E-state index in [2.05, 4.69) is 5.32 Å². The van der Waals surface area contributed by atoms with E-state index in [1.807, 2.05) is 24.3 Å². The normalized spacial score (nSPS) is 18.9. The highest BCUT2D eigenvalue weighted by Gasteiger charge is 2.42. The van der Waals surface area contributed by atoms with E-state index in [1.165, 1.54) is 30.3 Å². The van der Waals surface area contributed by atoms with Gasteiger partial charge in [-0.2, -0.15) is 0 Å². The number of allylic oxidation sites excluding steroid dienone is 3. The Bertz CT molecular complexity index is 1530. The molecule has 0 bridgehead atoms. The number of hydrogen-bond acceptors (Lipinski definition) is 6. The van der Waals surface area contributed by atoms with Crippen molar-refractivity contribution in [2.75, 3.05) is 7.11 Å². The van der Waals surface area contributed by atoms with Gasteiger partial charge in [0.2, 0.25) is 0 Å². The summed E-state index contributed by atoms with van der Waals surface area (Å²) in [4.78, 5) is 27.3. The SMILES string of the molecule is COc1ccccc1[C@H]1CC(=O)C2=C(C1)NC(C)=C(C(=O)OCc1cccc(C(F)F)c1)[C@H]2c1cccc(O)c1. The van der Waals surface area contributed by atoms with Crippen LogP contribution in [0.4, 0.5) is 8.78 Å². The van der Waals surface area contributed by atoms with Crippen molar-refractivity contribution in [3.63, 3.8) is 0 Å². The molecule has 0 unspecified atom stereocenters. The van der Waals surface area contributed by atoms with E-state index < -0.39 is 18.3 Å². The van der Waals surface area contributed by atoms with Gasteiger partial charge in [-0.1, -0.05) is 48.5 Å². The van der Waals surface area contributed by atoms with Crippen LogP contribution in [-0.2, 0) is 20.9 Å². The van der Waals surface area contributed by atoms with Crippen LogP contribution in [0.1, 0.15) is 60.3 Å². The van der Waals surface area contributed by atoms with E-state index in [4.69, 9.17) is 9.47 Å². The van der Waals surface area contributed by atoms with Crippen LogP contribution in [0, 0.1) is 0 Å². The van der Waals surface area contributed by atoms with Crippen LogP contribution in [0.25, 0.3) is 0 Å². The Balaban J connectivity index is 1.49. The first-order valence-electron chi connectivity index (χ1n) is 13.0. The van der Waals surface area contributed by atoms with Crippen LogP contribution in [0.15, 0.2) is 95.3 Å². The van der Waals surface area contributed by atoms with Crippen LogP contribution in [0.5, 0.6) is 11.5 Å². The fourth-order valence-electron chi connectivity index (χ4n) is 5.62. The third-order valence-corrected chi connectivity index (χ3v) is 7.40. The van der Waals surface area contributed by atoms with E-state index in [-0.39, 0.29) is 41.6 Å². The highest BCUT2D eigenvalue weighted by atomic mass is 19.3. The van der Waals surface area contributed by atoms with E-state index >= 15 is 0 Å². The van der Waals surface area contributed by atoms with E-state index in [0.29, 0.717) is 40.3 Å². The molecule has 0 radical (unpaired) electrons. The third-order valence-electron chi connectivity index (χ3n) is 7.40. The molecule has 0 saturated heterocycles. The highest BCUT2D eigenvalue weighted by molar-refractivity contribution is 6.04. The molecule has 1 aliphatic heterocycles. The van der Waals surface area contributed by atoms with Gasteiger partial charge >= 0.3 is 5.97 Å². The maximum Gasteiger partial charge on any atom is 0.337 e. The number of rotatable bonds is 7. The van der Waals surface area contributed by atoms with Crippen LogP contribution in [0.3, 0.4) is 0 Å². The molecule has 0 amide bonds. The lowest BCUT2D eigenvalue weighted by Gasteiger charge is -2.37. The Morgan fingerprint density at radius 1 is 1.05 bits per heavy atom. The molecule has 0 fully saturated rings. The molecule has 206 valence electrons. The summed E-state index contributed by atoms with van der Waals surface area (Å²) in [5, 5.41) is 13.5. The third kappa shape index (κ3) is 5.34. The van der Waals surface area contributed by atoms with Gasteiger partial charge in [0.25, 0.3) is 6.43 Å². The number of methoxy groups -OCH3 is 1. The molecule has 0 aromatic heterocycles. The highest BCUT2D eigenvalue weighted by Crippen LogP contribution is 2.47. The Kier molecular flexibility index (Phi) is 7.69. The second kappa shape index (κ2) is 11.3. The first-order chi connectivity index (χ1) is 19.3. The van der Waals surface area contributed by atoms with Crippen LogP contribution in [-0.4, -0.2) is 24.0 Å². The average Bonchev–Trinajstić information content (AvgIpc) is 2.95. The topological polar surface area (TPSA) is 84.9 Å². The zero-order chi connectivity index (χ0) is 28.4. The fraction of sp³-hybridized carbons (Fsp3) is 0.250. The Hall–Kier alpha value is -4.46. The standard InChI is InChI=1S/C32H29F2NO5/c1-18-28(32(38)40-17-19-7-5-9-21(13-19)31(33)34)29(20-8-6-10-23(36)14-20)30-25(35-18)15-22(16-26(30)37)24-11-3-4-12-27(24)39-2/h3-14,22,29,31,35-36H,15-17H2,1-2H3/t22-,29-/m1/s1. The number of halogens is 2. The molecular weight excluding hydrogens is 516 g/mol. The largest absolute Gasteiger partial charge is 0.508 e. The van der Waals surface area contributed by atoms with Crippen molar-refractivity contribution in [3.8, 4) is 11.5 Å². The Morgan fingerprint density at radius 2 is 1.82 bits per heavy atom. The number of phenols is 1. The monoisotopic (exact) mass is 545 g/mol. The fourth-order valence-corrected chi connectivity index (χ4v) is 5.62. The number of ketones is 1. The lowest BCUT2D eigenvalue weighted by Crippen LogP contribution is -2.36. The van der Waals surface area contributed by atoms with Gasteiger partial charge in [0.1, 0.15) is 18.1 Å². The minimum absolute atomic E-state index is 0.00234. The molecule has 2 N–H and O–H groups in total. The van der Waals surface area contributed by atoms with Crippen molar-refractivity contribution in [2.24, 2.45) is 0 Å². The zero-order valence-electron chi connectivity index (χ0n) is 22.1. The summed E-state index contributed by atoms with van der Waals surface area (Å²) in [6.07, 6.45) is -1.89. The maximum atomic E-state index is 13.8. The van der Waals surface area contributed by atoms with Gasteiger partial charge < -0.3 is 19.9 Å². The summed E-state index contributed by atoms with van der Waals surface area (Å²) < 4.78 is 37.4. The number of para-hydroxylation sites is 1. The van der Waals surface area contributed by atoms with Gasteiger partial charge in [0.05, 0.1) is 12.7 Å². The van der Waals surface area contributed by atoms with E-state index in [9.17, 15) is 23.5 Å². The minimum Gasteiger partial charge on any atom is -0.508 e. The number of dihydropyridines is 1. The molecule has 1 aliphatic carbocycles. The van der Waals surface area contributed by atoms with Crippen molar-refractivity contribution in [2.45, 2.75) is 44.6 Å². The summed E-state index contributed by atoms with van der Waals surface area (Å²) >= 11 is 0. The Labute approximate surface area is 230 Å². The molecule has 2 atom stereocenters. The second-order valence-corrected chi connectivity index (χ2v) is 9.98. The molecular formula is C32H29F2NO5. The number of nitrogens with one attached hydrogen (secondary N) is 1. The molecule has 3 aromatic rings. The van der Waals surface area contributed by atoms with Gasteiger partial charge in [-0.3, -0.25) is 4.79 Å². The van der Waals surface area contributed by atoms with Crippen molar-refractivity contribution < 1.29 is 33.0 Å². The second-order valence-electron chi connectivity index (χ2n) is 9.98. The molecule has 2 aliphatic rings. The molecule has 8 heteroatoms. The number of ether oxygens (including phenoxy) is 2. The van der Waals surface area contributed by atoms with Crippen molar-refractivity contribution in [1.82, 2.24) is 5.32 Å². The average molecular weight is 546 g/mol. The van der Waals surface area contributed by atoms with Gasteiger partial charge in [0.15, 0.2) is 5.78 Å². The number of Topliss-reactive ketones (excluding diaryl/α,β-unsaturated/α-hetero) is 1. The number of alkyl halides is 2. The number of hydrogen-bond donors (Lipinski definition) is 2. The lowest BCUT2D eigenvalue weighted by molar-refractivity contribution is -0.140. The van der Waals surface area contributed by atoms with E-state index in [1.54, 1.807) is 32.2 Å². The molecule has 40 heavy (non-hydrogen) atoms. The van der Waals surface area contributed by atoms with Gasteiger partial charge in [0, 0.05) is 40.8 Å². The van der Waals surface area contributed by atoms with Crippen molar-refractivity contribution in [3.05, 3.63) is 118 Å². The summed E-state index contributed by atoms with van der Waals surface area (Å²) in [5.41, 5.74) is 3.68. The molecule has 5 rings (SSSR count). The molecule has 0 saturated carbocycles. The smallest absolute Gasteiger partial charge is 0.337 e. The van der Waals surface area contributed by atoms with E-state index in [0.717, 1.165) is 5.56 Å². The van der Waals surface area contributed by atoms with Crippen LogP contribution >= 0.6 is 0 Å². The summed E-state index contributed by atoms with van der Waals surface area (Å²) in [5.74, 6) is -0.982. The maximum absolute atomic E-state index is 13.8. The number of carbonyl (C=O) groups excluding carboxylic acids is 2. The first-order valence-corrected chi connectivity index (χ1v) is 13.0. The number of carbonyl (C=O) groups is 2.